The Bertz CT molecular complexity index is 985. The molecule has 2 aromatic rings. The minimum atomic E-state index is -0.487. The Morgan fingerprint density at radius 2 is 1.83 bits per heavy atom. The van der Waals surface area contributed by atoms with Crippen molar-refractivity contribution in [2.24, 2.45) is 0 Å². The van der Waals surface area contributed by atoms with Crippen molar-refractivity contribution >= 4 is 34.9 Å². The number of nitrogens with zero attached hydrogens (tertiary/aromatic N) is 1. The van der Waals surface area contributed by atoms with Gasteiger partial charge in [-0.15, -0.1) is 0 Å². The van der Waals surface area contributed by atoms with Gasteiger partial charge < -0.3 is 15.5 Å². The van der Waals surface area contributed by atoms with Gasteiger partial charge in [0.15, 0.2) is 11.5 Å². The Kier molecular flexibility index (Phi) is 6.23. The minimum Gasteiger partial charge on any atom is -0.504 e. The van der Waals surface area contributed by atoms with E-state index in [1.165, 1.54) is 17.7 Å². The summed E-state index contributed by atoms with van der Waals surface area (Å²) in [4.78, 5) is 38.2. The Balaban J connectivity index is 1.59. The molecule has 8 heteroatoms. The monoisotopic (exact) mass is 412 g/mol. The van der Waals surface area contributed by atoms with Crippen molar-refractivity contribution in [3.05, 3.63) is 64.1 Å². The summed E-state index contributed by atoms with van der Waals surface area (Å²) >= 11 is 0.870. The zero-order valence-corrected chi connectivity index (χ0v) is 16.5. The van der Waals surface area contributed by atoms with Crippen LogP contribution in [0.1, 0.15) is 28.4 Å². The first-order chi connectivity index (χ1) is 13.9. The molecule has 1 fully saturated rings. The highest BCUT2D eigenvalue weighted by atomic mass is 32.2. The van der Waals surface area contributed by atoms with Crippen molar-refractivity contribution in [2.45, 2.75) is 13.3 Å². The lowest BCUT2D eigenvalue weighted by Gasteiger charge is -2.13. The highest BCUT2D eigenvalue weighted by Gasteiger charge is 2.34. The summed E-state index contributed by atoms with van der Waals surface area (Å²) in [5, 5.41) is 20.9. The van der Waals surface area contributed by atoms with Gasteiger partial charge in [-0.25, -0.2) is 0 Å². The summed E-state index contributed by atoms with van der Waals surface area (Å²) in [5.74, 6) is -1.61. The number of aromatic hydroxyl groups is 2. The van der Waals surface area contributed by atoms with Crippen LogP contribution < -0.4 is 5.32 Å². The largest absolute Gasteiger partial charge is 0.504 e. The summed E-state index contributed by atoms with van der Waals surface area (Å²) in [7, 11) is 0. The summed E-state index contributed by atoms with van der Waals surface area (Å²) in [6.07, 6.45) is 2.61. The number of aryl methyl sites for hydroxylation is 1. The molecule has 29 heavy (non-hydrogen) atoms. The van der Waals surface area contributed by atoms with Gasteiger partial charge >= 0.3 is 0 Å². The third kappa shape index (κ3) is 4.78. The Morgan fingerprint density at radius 3 is 2.48 bits per heavy atom. The van der Waals surface area contributed by atoms with E-state index in [1.54, 1.807) is 6.08 Å². The van der Waals surface area contributed by atoms with E-state index in [9.17, 15) is 24.6 Å². The second-order valence-electron chi connectivity index (χ2n) is 6.39. The molecular weight excluding hydrogens is 392 g/mol. The van der Waals surface area contributed by atoms with E-state index in [-0.39, 0.29) is 29.6 Å². The molecule has 0 aliphatic carbocycles. The van der Waals surface area contributed by atoms with Crippen LogP contribution in [0, 0.1) is 0 Å². The molecule has 0 spiro atoms. The Morgan fingerprint density at radius 1 is 1.10 bits per heavy atom. The summed E-state index contributed by atoms with van der Waals surface area (Å²) in [5.41, 5.74) is 2.19. The van der Waals surface area contributed by atoms with Crippen LogP contribution in [-0.2, 0) is 11.2 Å². The number of carbonyl (C=O) groups is 3. The first-order valence-electron chi connectivity index (χ1n) is 9.03. The molecular formula is C21H20N2O5S. The predicted octanol–water partition coefficient (Wildman–Crippen LogP) is 3.13. The minimum absolute atomic E-state index is 0.0343. The Labute approximate surface area is 172 Å². The molecule has 150 valence electrons. The molecule has 1 aliphatic heterocycles. The zero-order chi connectivity index (χ0) is 21.0. The van der Waals surface area contributed by atoms with E-state index in [1.807, 2.05) is 24.3 Å². The second kappa shape index (κ2) is 8.83. The first kappa shape index (κ1) is 20.5. The van der Waals surface area contributed by atoms with E-state index in [2.05, 4.69) is 12.2 Å². The maximum atomic E-state index is 12.5. The smallest absolute Gasteiger partial charge is 0.293 e. The van der Waals surface area contributed by atoms with Crippen molar-refractivity contribution < 1.29 is 24.6 Å². The molecule has 2 aromatic carbocycles. The van der Waals surface area contributed by atoms with Gasteiger partial charge in [-0.2, -0.15) is 0 Å². The number of rotatable bonds is 6. The maximum Gasteiger partial charge on any atom is 0.293 e. The first-order valence-corrected chi connectivity index (χ1v) is 9.85. The van der Waals surface area contributed by atoms with Gasteiger partial charge in [0.25, 0.3) is 17.1 Å². The van der Waals surface area contributed by atoms with E-state index >= 15 is 0 Å². The zero-order valence-electron chi connectivity index (χ0n) is 15.7. The van der Waals surface area contributed by atoms with Gasteiger partial charge in [0.05, 0.1) is 4.91 Å². The number of phenols is 2. The fraction of sp³-hybridized carbons (Fsp3) is 0.190. The van der Waals surface area contributed by atoms with Crippen LogP contribution in [0.4, 0.5) is 4.79 Å². The maximum absolute atomic E-state index is 12.5. The molecule has 0 aromatic heterocycles. The molecule has 0 radical (unpaired) electrons. The number of phenolic OH excluding ortho intramolecular Hbond substituents is 2. The van der Waals surface area contributed by atoms with Gasteiger partial charge in [0.2, 0.25) is 0 Å². The van der Waals surface area contributed by atoms with Gasteiger partial charge in [-0.1, -0.05) is 31.2 Å². The number of amides is 3. The Hall–Kier alpha value is -3.26. The fourth-order valence-electron chi connectivity index (χ4n) is 2.74. The molecule has 3 N–H and O–H groups in total. The van der Waals surface area contributed by atoms with Crippen LogP contribution in [0.15, 0.2) is 47.4 Å². The molecule has 7 nitrogen and oxygen atoms in total. The quantitative estimate of drug-likeness (QED) is 0.497. The van der Waals surface area contributed by atoms with Gasteiger partial charge in [-0.05, 0) is 53.6 Å². The average Bonchev–Trinajstić information content (AvgIpc) is 2.97. The number of hydrogen-bond donors (Lipinski definition) is 3. The number of hydrogen-bond acceptors (Lipinski definition) is 6. The normalized spacial score (nSPS) is 15.2. The van der Waals surface area contributed by atoms with E-state index in [0.717, 1.165) is 34.7 Å². The number of nitrogens with one attached hydrogen (secondary N) is 1. The van der Waals surface area contributed by atoms with Crippen molar-refractivity contribution in [2.75, 3.05) is 13.1 Å². The third-order valence-electron chi connectivity index (χ3n) is 4.42. The molecule has 1 saturated heterocycles. The van der Waals surface area contributed by atoms with Gasteiger partial charge in [-0.3, -0.25) is 19.3 Å². The number of benzene rings is 2. The molecule has 0 unspecified atom stereocenters. The summed E-state index contributed by atoms with van der Waals surface area (Å²) < 4.78 is 0. The standard InChI is InChI=1S/C21H20N2O5S/c1-2-13-3-5-14(6-4-13)11-18-20(27)23(21(28)29-18)10-9-22-19(26)15-7-8-16(24)17(25)12-15/h3-8,11-12,24-25H,2,9-10H2,1H3,(H,22,26)/b18-11-. The molecule has 0 bridgehead atoms. The van der Waals surface area contributed by atoms with Crippen LogP contribution in [0.25, 0.3) is 6.08 Å². The topological polar surface area (TPSA) is 107 Å². The fourth-order valence-corrected chi connectivity index (χ4v) is 3.61. The molecule has 1 aliphatic rings. The van der Waals surface area contributed by atoms with Crippen LogP contribution in [-0.4, -0.2) is 45.3 Å². The molecule has 0 atom stereocenters. The lowest BCUT2D eigenvalue weighted by molar-refractivity contribution is -0.122. The SMILES string of the molecule is CCc1ccc(/C=C2\SC(=O)N(CCNC(=O)c3ccc(O)c(O)c3)C2=O)cc1. The van der Waals surface area contributed by atoms with Crippen LogP contribution in [0.5, 0.6) is 11.5 Å². The molecule has 1 heterocycles. The lowest BCUT2D eigenvalue weighted by Crippen LogP contribution is -2.37. The van der Waals surface area contributed by atoms with Gasteiger partial charge in [0, 0.05) is 18.7 Å². The van der Waals surface area contributed by atoms with Crippen LogP contribution in [0.3, 0.4) is 0 Å². The number of carbonyl (C=O) groups excluding carboxylic acids is 3. The number of imide groups is 1. The van der Waals surface area contributed by atoms with E-state index < -0.39 is 17.6 Å². The summed E-state index contributed by atoms with van der Waals surface area (Å²) in [6.45, 7) is 2.16. The highest BCUT2D eigenvalue weighted by Crippen LogP contribution is 2.32. The van der Waals surface area contributed by atoms with Crippen LogP contribution >= 0.6 is 11.8 Å². The van der Waals surface area contributed by atoms with Gasteiger partial charge in [0.1, 0.15) is 0 Å². The highest BCUT2D eigenvalue weighted by molar-refractivity contribution is 8.18. The lowest BCUT2D eigenvalue weighted by atomic mass is 10.1. The predicted molar refractivity (Wildman–Crippen MR) is 111 cm³/mol. The van der Waals surface area contributed by atoms with E-state index in [0.29, 0.717) is 4.91 Å². The van der Waals surface area contributed by atoms with Crippen molar-refractivity contribution in [3.63, 3.8) is 0 Å². The van der Waals surface area contributed by atoms with Crippen molar-refractivity contribution in [3.8, 4) is 11.5 Å². The molecule has 3 amide bonds. The van der Waals surface area contributed by atoms with Crippen molar-refractivity contribution in [1.29, 1.82) is 0 Å². The summed E-state index contributed by atoms with van der Waals surface area (Å²) in [6, 6.07) is 11.5. The van der Waals surface area contributed by atoms with Crippen molar-refractivity contribution in [1.82, 2.24) is 10.2 Å². The average molecular weight is 412 g/mol. The second-order valence-corrected chi connectivity index (χ2v) is 7.38. The third-order valence-corrected chi connectivity index (χ3v) is 5.33. The molecule has 3 rings (SSSR count). The van der Waals surface area contributed by atoms with E-state index in [4.69, 9.17) is 0 Å². The number of thioether (sulfide) groups is 1. The van der Waals surface area contributed by atoms with Crippen LogP contribution in [0.2, 0.25) is 0 Å². The molecule has 0 saturated carbocycles.